The molecule has 1 fully saturated rings. The van der Waals surface area contributed by atoms with Crippen LogP contribution in [0.3, 0.4) is 0 Å². The molecule has 0 atom stereocenters. The van der Waals surface area contributed by atoms with Crippen LogP contribution in [0.15, 0.2) is 0 Å². The zero-order valence-electron chi connectivity index (χ0n) is 8.89. The van der Waals surface area contributed by atoms with Crippen molar-refractivity contribution in [2.45, 2.75) is 12.8 Å². The van der Waals surface area contributed by atoms with Crippen LogP contribution in [0.1, 0.15) is 12.8 Å². The summed E-state index contributed by atoms with van der Waals surface area (Å²) in [6.45, 7) is 0.947. The van der Waals surface area contributed by atoms with Crippen molar-refractivity contribution in [3.8, 4) is 0 Å². The molecular formula is C7H9NNa2O3S2. The van der Waals surface area contributed by atoms with Crippen LogP contribution >= 0.6 is 10.8 Å². The molecule has 74 valence electrons. The molecule has 1 rings (SSSR count). The number of rotatable bonds is 1. The Morgan fingerprint density at radius 2 is 1.73 bits per heavy atom. The molecule has 0 bridgehead atoms. The van der Waals surface area contributed by atoms with Crippen LogP contribution in [0.2, 0.25) is 0 Å². The summed E-state index contributed by atoms with van der Waals surface area (Å²) in [6.07, 6.45) is 0.952. The van der Waals surface area contributed by atoms with E-state index in [0.29, 0.717) is 25.9 Å². The van der Waals surface area contributed by atoms with E-state index >= 15 is 0 Å². The molecular weight excluding hydrogens is 256 g/mol. The number of carbonyl (C=O) groups is 2. The van der Waals surface area contributed by atoms with Crippen molar-refractivity contribution < 1.29 is 73.8 Å². The Morgan fingerprint density at radius 1 is 1.27 bits per heavy atom. The maximum atomic E-state index is 11.1. The normalized spacial score (nSPS) is 16.2. The van der Waals surface area contributed by atoms with E-state index in [0.717, 1.165) is 10.8 Å². The third-order valence-electron chi connectivity index (χ3n) is 2.16. The first-order chi connectivity index (χ1) is 6.15. The van der Waals surface area contributed by atoms with Gasteiger partial charge in [-0.2, -0.15) is 0 Å². The van der Waals surface area contributed by atoms with Crippen molar-refractivity contribution in [1.29, 1.82) is 0 Å². The molecule has 1 saturated heterocycles. The maximum Gasteiger partial charge on any atom is 1.00 e. The second-order valence-electron chi connectivity index (χ2n) is 2.93. The van der Waals surface area contributed by atoms with E-state index in [-0.39, 0.29) is 64.4 Å². The van der Waals surface area contributed by atoms with Crippen LogP contribution in [-0.4, -0.2) is 29.2 Å². The minimum absolute atomic E-state index is 0. The van der Waals surface area contributed by atoms with Gasteiger partial charge in [0.25, 0.3) is 5.24 Å². The SMILES string of the molecule is O=C([O-])C1CCN(C(=O)S[S-])CC1.[Na+].[Na+]. The fraction of sp³-hybridized carbons (Fsp3) is 0.714. The Bertz CT molecular complexity index is 222. The van der Waals surface area contributed by atoms with Gasteiger partial charge in [-0.3, -0.25) is 4.79 Å². The molecule has 0 radical (unpaired) electrons. The van der Waals surface area contributed by atoms with Gasteiger partial charge >= 0.3 is 59.1 Å². The first kappa shape index (κ1) is 19.0. The Hall–Kier alpha value is 1.64. The van der Waals surface area contributed by atoms with Gasteiger partial charge in [0, 0.05) is 25.0 Å². The number of aliphatic carboxylic acids is 1. The van der Waals surface area contributed by atoms with Gasteiger partial charge in [-0.25, -0.2) is 10.8 Å². The molecule has 0 spiro atoms. The number of hydrogen-bond acceptors (Lipinski definition) is 5. The van der Waals surface area contributed by atoms with E-state index in [4.69, 9.17) is 0 Å². The zero-order chi connectivity index (χ0) is 9.84. The molecule has 0 N–H and O–H groups in total. The van der Waals surface area contributed by atoms with Crippen LogP contribution in [0, 0.1) is 5.92 Å². The van der Waals surface area contributed by atoms with Gasteiger partial charge < -0.3 is 26.5 Å². The third kappa shape index (κ3) is 6.21. The van der Waals surface area contributed by atoms with Crippen molar-refractivity contribution in [2.75, 3.05) is 13.1 Å². The minimum Gasteiger partial charge on any atom is -0.709 e. The Labute approximate surface area is 142 Å². The first-order valence-electron chi connectivity index (χ1n) is 3.94. The molecule has 8 heteroatoms. The number of likely N-dealkylation sites (tertiary alicyclic amines) is 1. The predicted octanol–water partition coefficient (Wildman–Crippen LogP) is -6.23. The summed E-state index contributed by atoms with van der Waals surface area (Å²) >= 11 is 4.53. The summed E-state index contributed by atoms with van der Waals surface area (Å²) in [4.78, 5) is 23.1. The minimum atomic E-state index is -1.02. The number of carboxylic acid groups (broad SMARTS) is 1. The molecule has 0 aromatic heterocycles. The van der Waals surface area contributed by atoms with E-state index in [1.54, 1.807) is 4.90 Å². The summed E-state index contributed by atoms with van der Waals surface area (Å²) in [5.41, 5.74) is 0. The van der Waals surface area contributed by atoms with Gasteiger partial charge in [0.15, 0.2) is 0 Å². The number of nitrogens with zero attached hydrogens (tertiary/aromatic N) is 1. The zero-order valence-corrected chi connectivity index (χ0v) is 14.5. The quantitative estimate of drug-likeness (QED) is 0.268. The van der Waals surface area contributed by atoms with Crippen LogP contribution in [0.4, 0.5) is 4.79 Å². The monoisotopic (exact) mass is 265 g/mol. The Balaban J connectivity index is 0. The number of carboxylic acids is 1. The van der Waals surface area contributed by atoms with Crippen LogP contribution < -0.4 is 64.2 Å². The van der Waals surface area contributed by atoms with Crippen LogP contribution in [-0.2, 0) is 16.5 Å². The molecule has 0 saturated carbocycles. The smallest absolute Gasteiger partial charge is 0.709 e. The van der Waals surface area contributed by atoms with Crippen LogP contribution in [0.5, 0.6) is 0 Å². The fourth-order valence-corrected chi connectivity index (χ4v) is 1.95. The van der Waals surface area contributed by atoms with Crippen molar-refractivity contribution in [1.82, 2.24) is 4.90 Å². The van der Waals surface area contributed by atoms with Gasteiger partial charge in [-0.05, 0) is 12.8 Å². The number of hydrogen-bond donors (Lipinski definition) is 0. The van der Waals surface area contributed by atoms with Gasteiger partial charge in [-0.15, -0.1) is 0 Å². The van der Waals surface area contributed by atoms with E-state index in [1.807, 2.05) is 0 Å². The average molecular weight is 265 g/mol. The van der Waals surface area contributed by atoms with Gasteiger partial charge in [0.05, 0.1) is 0 Å². The summed E-state index contributed by atoms with van der Waals surface area (Å²) < 4.78 is 0. The van der Waals surface area contributed by atoms with Crippen molar-refractivity contribution in [3.63, 3.8) is 0 Å². The second-order valence-corrected chi connectivity index (χ2v) is 3.95. The van der Waals surface area contributed by atoms with E-state index in [1.165, 1.54) is 0 Å². The average Bonchev–Trinajstić information content (AvgIpc) is 2.17. The number of amides is 1. The summed E-state index contributed by atoms with van der Waals surface area (Å²) in [6, 6.07) is 0. The molecule has 4 nitrogen and oxygen atoms in total. The van der Waals surface area contributed by atoms with Crippen molar-refractivity contribution in [3.05, 3.63) is 0 Å². The molecule has 1 amide bonds. The molecule has 15 heavy (non-hydrogen) atoms. The van der Waals surface area contributed by atoms with E-state index in [2.05, 4.69) is 11.7 Å². The molecule has 1 heterocycles. The second kappa shape index (κ2) is 9.65. The largest absolute Gasteiger partial charge is 1.00 e. The van der Waals surface area contributed by atoms with Gasteiger partial charge in [0.2, 0.25) is 0 Å². The van der Waals surface area contributed by atoms with Gasteiger partial charge in [0.1, 0.15) is 0 Å². The summed E-state index contributed by atoms with van der Waals surface area (Å²) in [5, 5.41) is 10.3. The summed E-state index contributed by atoms with van der Waals surface area (Å²) in [5.74, 6) is -1.42. The molecule has 0 aromatic carbocycles. The molecule has 0 aliphatic carbocycles. The maximum absolute atomic E-state index is 11.1. The number of carbonyl (C=O) groups excluding carboxylic acids is 2. The van der Waals surface area contributed by atoms with Crippen LogP contribution in [0.25, 0.3) is 0 Å². The number of piperidine rings is 1. The first-order valence-corrected chi connectivity index (χ1v) is 5.69. The molecule has 0 unspecified atom stereocenters. The van der Waals surface area contributed by atoms with E-state index < -0.39 is 11.9 Å². The predicted molar refractivity (Wildman–Crippen MR) is 49.7 cm³/mol. The van der Waals surface area contributed by atoms with Gasteiger partial charge in [-0.1, -0.05) is 0 Å². The fourth-order valence-electron chi connectivity index (χ4n) is 1.35. The molecule has 1 aliphatic heterocycles. The van der Waals surface area contributed by atoms with E-state index in [9.17, 15) is 14.7 Å². The third-order valence-corrected chi connectivity index (χ3v) is 2.99. The Morgan fingerprint density at radius 3 is 2.07 bits per heavy atom. The standard InChI is InChI=1S/C7H11NO3S2.2Na/c9-6(10)5-1-3-8(4-2-5)7(11)13-12;;/h5,12H,1-4H2,(H,9,10);;/q;2*+1/p-2. The van der Waals surface area contributed by atoms with Crippen molar-refractivity contribution >= 4 is 33.7 Å². The molecule has 1 aliphatic rings. The topological polar surface area (TPSA) is 60.4 Å². The van der Waals surface area contributed by atoms with Crippen molar-refractivity contribution in [2.24, 2.45) is 5.92 Å². The molecule has 0 aromatic rings. The summed E-state index contributed by atoms with van der Waals surface area (Å²) in [7, 11) is 0.748. The Kier molecular flexibility index (Phi) is 12.2.